The lowest BCUT2D eigenvalue weighted by Gasteiger charge is -2.29. The summed E-state index contributed by atoms with van der Waals surface area (Å²) in [5.74, 6) is 0. The summed E-state index contributed by atoms with van der Waals surface area (Å²) in [6.07, 6.45) is 1.68. The number of aryl methyl sites for hydroxylation is 1. The van der Waals surface area contributed by atoms with Crippen molar-refractivity contribution in [1.29, 1.82) is 0 Å². The van der Waals surface area contributed by atoms with Crippen molar-refractivity contribution in [2.24, 2.45) is 0 Å². The molecule has 0 aromatic heterocycles. The number of sulfone groups is 1. The lowest BCUT2D eigenvalue weighted by Crippen LogP contribution is -2.46. The van der Waals surface area contributed by atoms with Crippen LogP contribution in [-0.4, -0.2) is 26.3 Å². The molecule has 1 heterocycles. The molecule has 0 radical (unpaired) electrons. The van der Waals surface area contributed by atoms with Crippen molar-refractivity contribution in [2.75, 3.05) is 6.54 Å². The van der Waals surface area contributed by atoms with Crippen LogP contribution in [0.5, 0.6) is 0 Å². The average Bonchev–Trinajstić information content (AvgIpc) is 2.30. The van der Waals surface area contributed by atoms with Gasteiger partial charge < -0.3 is 5.32 Å². The molecule has 1 fully saturated rings. The summed E-state index contributed by atoms with van der Waals surface area (Å²) < 4.78 is 24.9. The highest BCUT2D eigenvalue weighted by atomic mass is 32.2. The smallest absolute Gasteiger partial charge is 0.182 e. The fraction of sp³-hybridized carbons (Fsp3) is 0.538. The first-order valence-electron chi connectivity index (χ1n) is 6.06. The minimum Gasteiger partial charge on any atom is -0.313 e. The summed E-state index contributed by atoms with van der Waals surface area (Å²) in [5.41, 5.74) is 1.08. The molecule has 2 atom stereocenters. The predicted octanol–water partition coefficient (Wildman–Crippen LogP) is 1.91. The second kappa shape index (κ2) is 4.78. The fourth-order valence-corrected chi connectivity index (χ4v) is 4.32. The van der Waals surface area contributed by atoms with Crippen molar-refractivity contribution >= 4 is 9.84 Å². The van der Waals surface area contributed by atoms with Crippen molar-refractivity contribution in [3.05, 3.63) is 29.8 Å². The number of piperidine rings is 1. The van der Waals surface area contributed by atoms with Gasteiger partial charge in [-0.1, -0.05) is 17.7 Å². The molecule has 0 amide bonds. The summed E-state index contributed by atoms with van der Waals surface area (Å²) in [7, 11) is -3.19. The Labute approximate surface area is 103 Å². The summed E-state index contributed by atoms with van der Waals surface area (Å²) >= 11 is 0. The monoisotopic (exact) mass is 253 g/mol. The Morgan fingerprint density at radius 2 is 1.88 bits per heavy atom. The largest absolute Gasteiger partial charge is 0.313 e. The summed E-state index contributed by atoms with van der Waals surface area (Å²) in [4.78, 5) is 0.448. The summed E-state index contributed by atoms with van der Waals surface area (Å²) in [6, 6.07) is 7.18. The number of nitrogens with one attached hydrogen (secondary N) is 1. The van der Waals surface area contributed by atoms with Crippen molar-refractivity contribution in [3.8, 4) is 0 Å². The lowest BCUT2D eigenvalue weighted by molar-refractivity contribution is 0.417. The van der Waals surface area contributed by atoms with E-state index in [-0.39, 0.29) is 11.3 Å². The van der Waals surface area contributed by atoms with Gasteiger partial charge in [-0.2, -0.15) is 0 Å². The van der Waals surface area contributed by atoms with Crippen molar-refractivity contribution in [3.63, 3.8) is 0 Å². The Hall–Kier alpha value is -0.870. The SMILES string of the molecule is Cc1ccc(S(=O)(=O)C2CCCNC2C)cc1. The lowest BCUT2D eigenvalue weighted by atomic mass is 10.1. The Morgan fingerprint density at radius 1 is 1.24 bits per heavy atom. The average molecular weight is 253 g/mol. The van der Waals surface area contributed by atoms with Crippen molar-refractivity contribution < 1.29 is 8.42 Å². The molecule has 1 aromatic carbocycles. The quantitative estimate of drug-likeness (QED) is 0.875. The van der Waals surface area contributed by atoms with Crippen LogP contribution >= 0.6 is 0 Å². The third kappa shape index (κ3) is 2.53. The highest BCUT2D eigenvalue weighted by Gasteiger charge is 2.33. The van der Waals surface area contributed by atoms with Crippen molar-refractivity contribution in [2.45, 2.75) is 42.9 Å². The number of hydrogen-bond acceptors (Lipinski definition) is 3. The van der Waals surface area contributed by atoms with E-state index >= 15 is 0 Å². The van der Waals surface area contributed by atoms with Gasteiger partial charge in [0.05, 0.1) is 10.1 Å². The maximum Gasteiger partial charge on any atom is 0.182 e. The van der Waals surface area contributed by atoms with Crippen molar-refractivity contribution in [1.82, 2.24) is 5.32 Å². The van der Waals surface area contributed by atoms with Crippen LogP contribution in [0.3, 0.4) is 0 Å². The van der Waals surface area contributed by atoms with E-state index < -0.39 is 9.84 Å². The molecule has 2 rings (SSSR count). The van der Waals surface area contributed by atoms with E-state index in [0.717, 1.165) is 24.9 Å². The van der Waals surface area contributed by atoms with E-state index in [1.807, 2.05) is 26.0 Å². The van der Waals surface area contributed by atoms with Gasteiger partial charge in [0.1, 0.15) is 0 Å². The summed E-state index contributed by atoms with van der Waals surface area (Å²) in [6.45, 7) is 4.83. The van der Waals surface area contributed by atoms with Gasteiger partial charge in [0.25, 0.3) is 0 Å². The number of rotatable bonds is 2. The van der Waals surface area contributed by atoms with Crippen LogP contribution in [0.25, 0.3) is 0 Å². The minimum absolute atomic E-state index is 0.0371. The molecule has 1 aliphatic rings. The van der Waals surface area contributed by atoms with Crippen LogP contribution in [0, 0.1) is 6.92 Å². The molecule has 0 spiro atoms. The van der Waals surface area contributed by atoms with Crippen LogP contribution in [0.2, 0.25) is 0 Å². The van der Waals surface area contributed by atoms with E-state index in [1.54, 1.807) is 12.1 Å². The maximum absolute atomic E-state index is 12.5. The molecular weight excluding hydrogens is 234 g/mol. The van der Waals surface area contributed by atoms with E-state index in [9.17, 15) is 8.42 Å². The highest BCUT2D eigenvalue weighted by Crippen LogP contribution is 2.24. The van der Waals surface area contributed by atoms with Gasteiger partial charge in [0, 0.05) is 6.04 Å². The highest BCUT2D eigenvalue weighted by molar-refractivity contribution is 7.92. The van der Waals surface area contributed by atoms with E-state index in [0.29, 0.717) is 4.90 Å². The fourth-order valence-electron chi connectivity index (χ4n) is 2.34. The molecule has 0 bridgehead atoms. The molecular formula is C13H19NO2S. The zero-order valence-electron chi connectivity index (χ0n) is 10.3. The Bertz CT molecular complexity index is 479. The Balaban J connectivity index is 2.32. The number of benzene rings is 1. The van der Waals surface area contributed by atoms with Crippen LogP contribution in [0.15, 0.2) is 29.2 Å². The van der Waals surface area contributed by atoms with E-state index in [4.69, 9.17) is 0 Å². The summed E-state index contributed by atoms with van der Waals surface area (Å²) in [5, 5.41) is 2.95. The zero-order valence-corrected chi connectivity index (χ0v) is 11.1. The molecule has 1 N–H and O–H groups in total. The van der Waals surface area contributed by atoms with Crippen LogP contribution < -0.4 is 5.32 Å². The third-order valence-corrected chi connectivity index (χ3v) is 5.81. The van der Waals surface area contributed by atoms with Gasteiger partial charge in [-0.3, -0.25) is 0 Å². The van der Waals surface area contributed by atoms with Gasteiger partial charge in [-0.25, -0.2) is 8.42 Å². The standard InChI is InChI=1S/C13H19NO2S/c1-10-5-7-12(8-6-10)17(15,16)13-4-3-9-14-11(13)2/h5-8,11,13-14H,3-4,9H2,1-2H3. The molecule has 4 heteroatoms. The van der Waals surface area contributed by atoms with Gasteiger partial charge in [0.2, 0.25) is 0 Å². The topological polar surface area (TPSA) is 46.2 Å². The second-order valence-electron chi connectivity index (χ2n) is 4.78. The molecule has 1 aliphatic heterocycles. The van der Waals surface area contributed by atoms with Crippen LogP contribution in [0.4, 0.5) is 0 Å². The van der Waals surface area contributed by atoms with E-state index in [1.165, 1.54) is 0 Å². The normalized spacial score (nSPS) is 25.8. The van der Waals surface area contributed by atoms with Gasteiger partial charge in [0.15, 0.2) is 9.84 Å². The van der Waals surface area contributed by atoms with Gasteiger partial charge >= 0.3 is 0 Å². The number of hydrogen-bond donors (Lipinski definition) is 1. The molecule has 0 saturated carbocycles. The van der Waals surface area contributed by atoms with E-state index in [2.05, 4.69) is 5.32 Å². The predicted molar refractivity (Wildman–Crippen MR) is 68.9 cm³/mol. The first-order valence-corrected chi connectivity index (χ1v) is 7.60. The molecule has 3 nitrogen and oxygen atoms in total. The minimum atomic E-state index is -3.19. The Morgan fingerprint density at radius 3 is 2.47 bits per heavy atom. The van der Waals surface area contributed by atoms with Crippen LogP contribution in [0.1, 0.15) is 25.3 Å². The van der Waals surface area contributed by atoms with Gasteiger partial charge in [-0.15, -0.1) is 0 Å². The molecule has 2 unspecified atom stereocenters. The molecule has 17 heavy (non-hydrogen) atoms. The maximum atomic E-state index is 12.5. The van der Waals surface area contributed by atoms with Gasteiger partial charge in [-0.05, 0) is 45.4 Å². The molecule has 1 saturated heterocycles. The molecule has 94 valence electrons. The van der Waals surface area contributed by atoms with Crippen LogP contribution in [-0.2, 0) is 9.84 Å². The molecule has 1 aromatic rings. The zero-order chi connectivity index (χ0) is 12.5. The molecule has 0 aliphatic carbocycles. The first-order chi connectivity index (χ1) is 8.01. The first kappa shape index (κ1) is 12.6. The second-order valence-corrected chi connectivity index (χ2v) is 6.95. The third-order valence-electron chi connectivity index (χ3n) is 3.44. The Kier molecular flexibility index (Phi) is 3.54.